The molecule has 0 unspecified atom stereocenters. The molecule has 0 spiro atoms. The van der Waals surface area contributed by atoms with Crippen molar-refractivity contribution in [3.05, 3.63) is 23.8 Å². The fourth-order valence-electron chi connectivity index (χ4n) is 1.12. The second kappa shape index (κ2) is 4.65. The van der Waals surface area contributed by atoms with Crippen molar-refractivity contribution in [2.45, 2.75) is 13.0 Å². The van der Waals surface area contributed by atoms with Crippen molar-refractivity contribution in [3.8, 4) is 0 Å². The van der Waals surface area contributed by atoms with Gasteiger partial charge in [0.25, 0.3) is 5.91 Å². The number of carbonyl (C=O) groups is 1. The Morgan fingerprint density at radius 3 is 2.73 bits per heavy atom. The first-order chi connectivity index (χ1) is 7.00. The zero-order chi connectivity index (χ0) is 11.4. The number of nitrogens with two attached hydrogens (primary N) is 2. The van der Waals surface area contributed by atoms with E-state index < -0.39 is 6.10 Å². The summed E-state index contributed by atoms with van der Waals surface area (Å²) >= 11 is 0. The molecule has 0 aliphatic carbocycles. The molecular formula is C10H15N3O2. The highest BCUT2D eigenvalue weighted by Crippen LogP contribution is 2.15. The van der Waals surface area contributed by atoms with Crippen LogP contribution in [0, 0.1) is 0 Å². The Bertz CT molecular complexity index is 364. The third kappa shape index (κ3) is 3.14. The zero-order valence-corrected chi connectivity index (χ0v) is 8.53. The number of benzene rings is 1. The first kappa shape index (κ1) is 11.3. The van der Waals surface area contributed by atoms with Gasteiger partial charge in [-0.15, -0.1) is 0 Å². The van der Waals surface area contributed by atoms with Crippen LogP contribution < -0.4 is 16.8 Å². The number of nitrogens with one attached hydrogen (secondary N) is 1. The summed E-state index contributed by atoms with van der Waals surface area (Å²) in [6, 6.07) is 4.69. The van der Waals surface area contributed by atoms with Crippen LogP contribution in [0.15, 0.2) is 18.2 Å². The van der Waals surface area contributed by atoms with Gasteiger partial charge in [-0.05, 0) is 25.1 Å². The lowest BCUT2D eigenvalue weighted by atomic mass is 10.1. The SMILES string of the molecule is C[C@@H](O)CNC(=O)c1ccc(N)cc1N. The largest absolute Gasteiger partial charge is 0.399 e. The molecule has 5 nitrogen and oxygen atoms in total. The Kier molecular flexibility index (Phi) is 3.51. The maximum Gasteiger partial charge on any atom is 0.253 e. The van der Waals surface area contributed by atoms with Gasteiger partial charge in [0, 0.05) is 17.9 Å². The van der Waals surface area contributed by atoms with Gasteiger partial charge in [-0.25, -0.2) is 0 Å². The number of aliphatic hydroxyl groups excluding tert-OH is 1. The number of amides is 1. The highest BCUT2D eigenvalue weighted by atomic mass is 16.3. The Morgan fingerprint density at radius 2 is 2.20 bits per heavy atom. The van der Waals surface area contributed by atoms with Crippen LogP contribution in [0.1, 0.15) is 17.3 Å². The van der Waals surface area contributed by atoms with E-state index in [4.69, 9.17) is 16.6 Å². The summed E-state index contributed by atoms with van der Waals surface area (Å²) in [6.45, 7) is 1.79. The molecule has 1 amide bonds. The van der Waals surface area contributed by atoms with Gasteiger partial charge in [0.1, 0.15) is 0 Å². The molecule has 1 aromatic carbocycles. The molecular weight excluding hydrogens is 194 g/mol. The number of aliphatic hydroxyl groups is 1. The minimum atomic E-state index is -0.580. The van der Waals surface area contributed by atoms with Gasteiger partial charge in [-0.3, -0.25) is 4.79 Å². The minimum absolute atomic E-state index is 0.197. The van der Waals surface area contributed by atoms with E-state index in [9.17, 15) is 4.79 Å². The highest BCUT2D eigenvalue weighted by Gasteiger charge is 2.09. The maximum atomic E-state index is 11.5. The van der Waals surface area contributed by atoms with Crippen molar-refractivity contribution >= 4 is 17.3 Å². The normalized spacial score (nSPS) is 12.1. The molecule has 0 heterocycles. The summed E-state index contributed by atoms with van der Waals surface area (Å²) in [5.74, 6) is -0.312. The lowest BCUT2D eigenvalue weighted by molar-refractivity contribution is 0.0925. The lowest BCUT2D eigenvalue weighted by Crippen LogP contribution is -2.31. The molecule has 82 valence electrons. The maximum absolute atomic E-state index is 11.5. The molecule has 1 aromatic rings. The molecule has 5 heteroatoms. The van der Waals surface area contributed by atoms with Crippen molar-refractivity contribution in [2.75, 3.05) is 18.0 Å². The van der Waals surface area contributed by atoms with Crippen LogP contribution in [0.25, 0.3) is 0 Å². The number of hydrogen-bond donors (Lipinski definition) is 4. The monoisotopic (exact) mass is 209 g/mol. The Morgan fingerprint density at radius 1 is 1.53 bits per heavy atom. The molecule has 0 saturated carbocycles. The smallest absolute Gasteiger partial charge is 0.253 e. The van der Waals surface area contributed by atoms with Crippen LogP contribution in [0.3, 0.4) is 0 Å². The van der Waals surface area contributed by atoms with E-state index in [1.165, 1.54) is 6.07 Å². The van der Waals surface area contributed by atoms with Crippen LogP contribution in [0.5, 0.6) is 0 Å². The van der Waals surface area contributed by atoms with Crippen LogP contribution in [0.2, 0.25) is 0 Å². The molecule has 0 aromatic heterocycles. The van der Waals surface area contributed by atoms with Gasteiger partial charge in [0.2, 0.25) is 0 Å². The minimum Gasteiger partial charge on any atom is -0.399 e. The second-order valence-electron chi connectivity index (χ2n) is 3.41. The summed E-state index contributed by atoms with van der Waals surface area (Å²) in [4.78, 5) is 11.5. The standard InChI is InChI=1S/C10H15N3O2/c1-6(14)5-13-10(15)8-3-2-7(11)4-9(8)12/h2-4,6,14H,5,11-12H2,1H3,(H,13,15)/t6-/m1/s1. The second-order valence-corrected chi connectivity index (χ2v) is 3.41. The number of hydrogen-bond acceptors (Lipinski definition) is 4. The van der Waals surface area contributed by atoms with Gasteiger partial charge < -0.3 is 21.9 Å². The molecule has 15 heavy (non-hydrogen) atoms. The van der Waals surface area contributed by atoms with Crippen molar-refractivity contribution in [2.24, 2.45) is 0 Å². The number of carbonyl (C=O) groups excluding carboxylic acids is 1. The van der Waals surface area contributed by atoms with E-state index >= 15 is 0 Å². The summed E-state index contributed by atoms with van der Waals surface area (Å²) in [6.07, 6.45) is -0.580. The van der Waals surface area contributed by atoms with Crippen LogP contribution in [-0.2, 0) is 0 Å². The fourth-order valence-corrected chi connectivity index (χ4v) is 1.12. The summed E-state index contributed by atoms with van der Waals surface area (Å²) in [5.41, 5.74) is 12.3. The zero-order valence-electron chi connectivity index (χ0n) is 8.53. The van der Waals surface area contributed by atoms with Crippen LogP contribution in [-0.4, -0.2) is 23.7 Å². The summed E-state index contributed by atoms with van der Waals surface area (Å²) in [5, 5.41) is 11.5. The first-order valence-corrected chi connectivity index (χ1v) is 4.62. The van der Waals surface area contributed by atoms with E-state index in [-0.39, 0.29) is 12.5 Å². The quantitative estimate of drug-likeness (QED) is 0.525. The van der Waals surface area contributed by atoms with Crippen molar-refractivity contribution in [1.29, 1.82) is 0 Å². The Hall–Kier alpha value is -1.75. The van der Waals surface area contributed by atoms with Gasteiger partial charge >= 0.3 is 0 Å². The van der Waals surface area contributed by atoms with E-state index in [0.717, 1.165) is 0 Å². The van der Waals surface area contributed by atoms with Crippen molar-refractivity contribution in [3.63, 3.8) is 0 Å². The fraction of sp³-hybridized carbons (Fsp3) is 0.300. The lowest BCUT2D eigenvalue weighted by Gasteiger charge is -2.09. The topological polar surface area (TPSA) is 101 Å². The predicted octanol–water partition coefficient (Wildman–Crippen LogP) is -0.0384. The number of nitrogen functional groups attached to an aromatic ring is 2. The van der Waals surface area contributed by atoms with Gasteiger partial charge in [0.15, 0.2) is 0 Å². The van der Waals surface area contributed by atoms with E-state index in [0.29, 0.717) is 16.9 Å². The Balaban J connectivity index is 2.74. The molecule has 0 aliphatic heterocycles. The van der Waals surface area contributed by atoms with E-state index in [1.54, 1.807) is 19.1 Å². The molecule has 0 radical (unpaired) electrons. The first-order valence-electron chi connectivity index (χ1n) is 4.62. The molecule has 0 bridgehead atoms. The molecule has 1 rings (SSSR count). The average Bonchev–Trinajstić information content (AvgIpc) is 2.14. The van der Waals surface area contributed by atoms with E-state index in [2.05, 4.69) is 5.32 Å². The van der Waals surface area contributed by atoms with E-state index in [1.807, 2.05) is 0 Å². The third-order valence-corrected chi connectivity index (χ3v) is 1.88. The predicted molar refractivity (Wildman–Crippen MR) is 59.3 cm³/mol. The Labute approximate surface area is 88.1 Å². The number of anilines is 2. The molecule has 0 fully saturated rings. The molecule has 0 saturated heterocycles. The summed E-state index contributed by atoms with van der Waals surface area (Å²) in [7, 11) is 0. The van der Waals surface area contributed by atoms with Crippen molar-refractivity contribution < 1.29 is 9.90 Å². The third-order valence-electron chi connectivity index (χ3n) is 1.88. The average molecular weight is 209 g/mol. The highest BCUT2D eigenvalue weighted by molar-refractivity contribution is 5.99. The molecule has 6 N–H and O–H groups in total. The molecule has 0 aliphatic rings. The van der Waals surface area contributed by atoms with Gasteiger partial charge in [-0.2, -0.15) is 0 Å². The summed E-state index contributed by atoms with van der Waals surface area (Å²) < 4.78 is 0. The van der Waals surface area contributed by atoms with Gasteiger partial charge in [0.05, 0.1) is 11.7 Å². The van der Waals surface area contributed by atoms with Crippen LogP contribution in [0.4, 0.5) is 11.4 Å². The van der Waals surface area contributed by atoms with Gasteiger partial charge in [-0.1, -0.05) is 0 Å². The van der Waals surface area contributed by atoms with Crippen LogP contribution >= 0.6 is 0 Å². The number of rotatable bonds is 3. The van der Waals surface area contributed by atoms with Crippen molar-refractivity contribution in [1.82, 2.24) is 5.32 Å². The molecule has 1 atom stereocenters.